The predicted molar refractivity (Wildman–Crippen MR) is 86.7 cm³/mol. The van der Waals surface area contributed by atoms with Crippen molar-refractivity contribution in [3.05, 3.63) is 24.8 Å². The molecule has 2 aliphatic rings. The molecule has 1 unspecified atom stereocenters. The Morgan fingerprint density at radius 2 is 1.90 bits per heavy atom. The van der Waals surface area contributed by atoms with Crippen molar-refractivity contribution in [3.63, 3.8) is 0 Å². The third kappa shape index (κ3) is 5.99. The Morgan fingerprint density at radius 1 is 1.14 bits per heavy atom. The zero-order chi connectivity index (χ0) is 15.7. The van der Waals surface area contributed by atoms with Crippen molar-refractivity contribution >= 4 is 0 Å². The van der Waals surface area contributed by atoms with Gasteiger partial charge in [0.25, 0.3) is 0 Å². The van der Waals surface area contributed by atoms with Crippen LogP contribution in [0.25, 0.3) is 0 Å². The molecule has 0 aromatic rings. The van der Waals surface area contributed by atoms with Crippen LogP contribution in [0.3, 0.4) is 0 Å². The quantitative estimate of drug-likeness (QED) is 0.727. The van der Waals surface area contributed by atoms with Crippen molar-refractivity contribution in [2.24, 2.45) is 0 Å². The molecule has 5 heteroatoms. The topological polar surface area (TPSA) is 36.8 Å². The fraction of sp³-hybridized carbons (Fsp3) is 0.688. The van der Waals surface area contributed by atoms with E-state index in [-0.39, 0.29) is 0 Å². The third-order valence-electron chi connectivity index (χ3n) is 3.72. The Balaban J connectivity index is 0.000000211. The molecule has 21 heavy (non-hydrogen) atoms. The average Bonchev–Trinajstić information content (AvgIpc) is 3.01. The minimum Gasteiger partial charge on any atom is -0.362 e. The van der Waals surface area contributed by atoms with Gasteiger partial charge in [0.05, 0.1) is 18.9 Å². The Morgan fingerprint density at radius 3 is 2.38 bits per heavy atom. The minimum atomic E-state index is 0.556. The Hall–Kier alpha value is -1.83. The van der Waals surface area contributed by atoms with Gasteiger partial charge in [0.1, 0.15) is 0 Å². The van der Waals surface area contributed by atoms with Crippen LogP contribution < -0.4 is 0 Å². The van der Waals surface area contributed by atoms with Gasteiger partial charge < -0.3 is 19.6 Å². The predicted octanol–water partition coefficient (Wildman–Crippen LogP) is 2.43. The SMILES string of the molecule is CCCN1C=CN(C)C1C.CN1C=CN(CCCC#N)C1. The molecule has 2 aliphatic heterocycles. The van der Waals surface area contributed by atoms with E-state index in [0.717, 1.165) is 19.6 Å². The largest absolute Gasteiger partial charge is 0.362 e. The number of unbranched alkanes of at least 4 members (excludes halogenated alkanes) is 1. The molecule has 0 N–H and O–H groups in total. The van der Waals surface area contributed by atoms with Gasteiger partial charge in [-0.05, 0) is 19.8 Å². The molecular formula is C16H29N5. The van der Waals surface area contributed by atoms with Crippen LogP contribution in [0.1, 0.15) is 33.1 Å². The molecule has 0 amide bonds. The molecular weight excluding hydrogens is 262 g/mol. The van der Waals surface area contributed by atoms with Crippen LogP contribution in [0.4, 0.5) is 0 Å². The van der Waals surface area contributed by atoms with E-state index >= 15 is 0 Å². The molecule has 0 saturated heterocycles. The standard InChI is InChI=1S/C8H13N3.C8H16N2/c1-10-6-7-11(8-10)5-3-2-4-9;1-4-5-10-7-6-9(3)8(10)2/h6-7H,2-3,5,8H2,1H3;6-8H,4-5H2,1-3H3. The van der Waals surface area contributed by atoms with E-state index in [2.05, 4.69) is 65.2 Å². The lowest BCUT2D eigenvalue weighted by molar-refractivity contribution is 0.195. The highest BCUT2D eigenvalue weighted by atomic mass is 15.4. The van der Waals surface area contributed by atoms with Gasteiger partial charge in [-0.2, -0.15) is 5.26 Å². The van der Waals surface area contributed by atoms with Crippen molar-refractivity contribution in [2.45, 2.75) is 39.3 Å². The molecule has 0 spiro atoms. The van der Waals surface area contributed by atoms with Crippen molar-refractivity contribution < 1.29 is 0 Å². The molecule has 0 bridgehead atoms. The molecule has 0 aliphatic carbocycles. The molecule has 1 atom stereocenters. The normalized spacial score (nSPS) is 19.9. The van der Waals surface area contributed by atoms with Crippen molar-refractivity contribution in [3.8, 4) is 6.07 Å². The van der Waals surface area contributed by atoms with Crippen molar-refractivity contribution in [1.29, 1.82) is 5.26 Å². The van der Waals surface area contributed by atoms with E-state index in [1.165, 1.54) is 13.0 Å². The molecule has 5 nitrogen and oxygen atoms in total. The van der Waals surface area contributed by atoms with E-state index in [4.69, 9.17) is 5.26 Å². The first-order valence-corrected chi connectivity index (χ1v) is 7.74. The first kappa shape index (κ1) is 17.2. The maximum absolute atomic E-state index is 8.30. The summed E-state index contributed by atoms with van der Waals surface area (Å²) in [7, 11) is 4.15. The maximum Gasteiger partial charge on any atom is 0.0974 e. The molecule has 0 radical (unpaired) electrons. The van der Waals surface area contributed by atoms with E-state index in [1.54, 1.807) is 0 Å². The molecule has 0 saturated carbocycles. The average molecular weight is 291 g/mol. The lowest BCUT2D eigenvalue weighted by Gasteiger charge is -2.26. The lowest BCUT2D eigenvalue weighted by Crippen LogP contribution is -2.33. The van der Waals surface area contributed by atoms with Crippen LogP contribution in [-0.4, -0.2) is 59.6 Å². The van der Waals surface area contributed by atoms with E-state index in [0.29, 0.717) is 12.6 Å². The van der Waals surface area contributed by atoms with Crippen LogP contribution >= 0.6 is 0 Å². The van der Waals surface area contributed by atoms with Gasteiger partial charge in [-0.15, -0.1) is 0 Å². The van der Waals surface area contributed by atoms with Crippen LogP contribution in [0, 0.1) is 11.3 Å². The number of hydrogen-bond acceptors (Lipinski definition) is 5. The highest BCUT2D eigenvalue weighted by Gasteiger charge is 2.16. The first-order chi connectivity index (χ1) is 10.1. The Labute approximate surface area is 129 Å². The maximum atomic E-state index is 8.30. The minimum absolute atomic E-state index is 0.556. The van der Waals surface area contributed by atoms with Gasteiger partial charge >= 0.3 is 0 Å². The first-order valence-electron chi connectivity index (χ1n) is 7.74. The van der Waals surface area contributed by atoms with Crippen LogP contribution in [0.2, 0.25) is 0 Å². The molecule has 118 valence electrons. The lowest BCUT2D eigenvalue weighted by atomic mass is 10.3. The van der Waals surface area contributed by atoms with Crippen LogP contribution in [-0.2, 0) is 0 Å². The van der Waals surface area contributed by atoms with Gasteiger partial charge in [-0.25, -0.2) is 0 Å². The van der Waals surface area contributed by atoms with Gasteiger partial charge in [0.2, 0.25) is 0 Å². The summed E-state index contributed by atoms with van der Waals surface area (Å²) in [6, 6.07) is 2.14. The number of rotatable bonds is 5. The van der Waals surface area contributed by atoms with Gasteiger partial charge in [-0.1, -0.05) is 6.92 Å². The van der Waals surface area contributed by atoms with E-state index in [1.807, 2.05) is 13.2 Å². The number of nitriles is 1. The summed E-state index contributed by atoms with van der Waals surface area (Å²) in [5.74, 6) is 0. The van der Waals surface area contributed by atoms with E-state index < -0.39 is 0 Å². The van der Waals surface area contributed by atoms with Crippen molar-refractivity contribution in [2.75, 3.05) is 33.9 Å². The summed E-state index contributed by atoms with van der Waals surface area (Å²) in [5, 5.41) is 8.30. The summed E-state index contributed by atoms with van der Waals surface area (Å²) < 4.78 is 0. The fourth-order valence-corrected chi connectivity index (χ4v) is 2.29. The number of nitrogens with zero attached hydrogens (tertiary/aromatic N) is 5. The smallest absolute Gasteiger partial charge is 0.0974 e. The second kappa shape index (κ2) is 9.17. The molecule has 0 aromatic carbocycles. The molecule has 0 fully saturated rings. The van der Waals surface area contributed by atoms with Crippen LogP contribution in [0.5, 0.6) is 0 Å². The zero-order valence-corrected chi connectivity index (χ0v) is 13.9. The summed E-state index contributed by atoms with van der Waals surface area (Å²) in [6.07, 6.45) is 11.8. The van der Waals surface area contributed by atoms with Crippen LogP contribution in [0.15, 0.2) is 24.8 Å². The molecule has 0 aromatic heterocycles. The highest BCUT2D eigenvalue weighted by molar-refractivity contribution is 4.93. The van der Waals surface area contributed by atoms with Gasteiger partial charge in [-0.3, -0.25) is 0 Å². The summed E-state index contributed by atoms with van der Waals surface area (Å²) in [4.78, 5) is 8.89. The van der Waals surface area contributed by atoms with E-state index in [9.17, 15) is 0 Å². The monoisotopic (exact) mass is 291 g/mol. The Kier molecular flexibility index (Phi) is 7.52. The summed E-state index contributed by atoms with van der Waals surface area (Å²) in [5.41, 5.74) is 0. The third-order valence-corrected chi connectivity index (χ3v) is 3.72. The number of hydrogen-bond donors (Lipinski definition) is 0. The Bertz CT molecular complexity index is 385. The van der Waals surface area contributed by atoms with Gasteiger partial charge in [0.15, 0.2) is 0 Å². The summed E-state index contributed by atoms with van der Waals surface area (Å²) >= 11 is 0. The van der Waals surface area contributed by atoms with Gasteiger partial charge in [0, 0.05) is 58.4 Å². The summed E-state index contributed by atoms with van der Waals surface area (Å²) in [6.45, 7) is 7.55. The molecule has 2 rings (SSSR count). The molecule has 2 heterocycles. The zero-order valence-electron chi connectivity index (χ0n) is 13.9. The fourth-order valence-electron chi connectivity index (χ4n) is 2.29. The van der Waals surface area contributed by atoms with Crippen molar-refractivity contribution in [1.82, 2.24) is 19.6 Å². The second-order valence-electron chi connectivity index (χ2n) is 5.60. The highest BCUT2D eigenvalue weighted by Crippen LogP contribution is 2.12. The second-order valence-corrected chi connectivity index (χ2v) is 5.60.